The molecule has 0 saturated carbocycles. The summed E-state index contributed by atoms with van der Waals surface area (Å²) in [6.07, 6.45) is 0.792. The highest BCUT2D eigenvalue weighted by molar-refractivity contribution is 5.98. The average Bonchev–Trinajstić information content (AvgIpc) is 3.45. The van der Waals surface area contributed by atoms with Crippen molar-refractivity contribution in [2.75, 3.05) is 26.8 Å². The third kappa shape index (κ3) is 4.38. The fraction of sp³-hybridized carbons (Fsp3) is 0.464. The van der Waals surface area contributed by atoms with Crippen LogP contribution in [0.5, 0.6) is 11.6 Å². The number of amides is 2. The number of guanidine groups is 2. The van der Waals surface area contributed by atoms with Crippen LogP contribution in [-0.4, -0.2) is 100 Å². The lowest BCUT2D eigenvalue weighted by Gasteiger charge is -2.51. The van der Waals surface area contributed by atoms with Gasteiger partial charge in [0.05, 0.1) is 31.4 Å². The molecule has 6 rings (SSSR count). The van der Waals surface area contributed by atoms with E-state index in [1.54, 1.807) is 24.3 Å². The Hall–Kier alpha value is -4.63. The predicted molar refractivity (Wildman–Crippen MR) is 153 cm³/mol. The first-order valence-corrected chi connectivity index (χ1v) is 14.0. The smallest absolute Gasteiger partial charge is 0.270 e. The average molecular weight is 594 g/mol. The number of fused-ring (bicyclic) bond motifs is 1. The molecule has 5 heterocycles. The van der Waals surface area contributed by atoms with Crippen LogP contribution in [0.25, 0.3) is 0 Å². The minimum absolute atomic E-state index is 0.0568. The number of benzene rings is 1. The molecule has 1 aromatic heterocycles. The number of para-hydroxylation sites is 1. The van der Waals surface area contributed by atoms with Gasteiger partial charge in [-0.3, -0.25) is 20.4 Å². The molecule has 1 spiro atoms. The zero-order valence-electron chi connectivity index (χ0n) is 23.9. The van der Waals surface area contributed by atoms with Gasteiger partial charge in [-0.2, -0.15) is 0 Å². The van der Waals surface area contributed by atoms with E-state index in [1.165, 1.54) is 18.1 Å². The van der Waals surface area contributed by atoms with Crippen molar-refractivity contribution in [1.29, 1.82) is 10.8 Å². The Morgan fingerprint density at radius 2 is 1.93 bits per heavy atom. The van der Waals surface area contributed by atoms with Crippen molar-refractivity contribution >= 4 is 23.7 Å². The van der Waals surface area contributed by atoms with Crippen LogP contribution in [0.4, 0.5) is 0 Å². The molecule has 1 aromatic carbocycles. The zero-order valence-corrected chi connectivity index (χ0v) is 23.9. The molecule has 4 aliphatic rings. The quantitative estimate of drug-likeness (QED) is 0.181. The molecule has 3 fully saturated rings. The summed E-state index contributed by atoms with van der Waals surface area (Å²) in [6.45, 7) is 4.39. The van der Waals surface area contributed by atoms with Crippen molar-refractivity contribution in [1.82, 2.24) is 36.5 Å². The Morgan fingerprint density at radius 3 is 2.70 bits per heavy atom. The maximum atomic E-state index is 13.6. The Morgan fingerprint density at radius 1 is 1.16 bits per heavy atom. The molecule has 2 amide bonds. The fourth-order valence-electron chi connectivity index (χ4n) is 6.48. The van der Waals surface area contributed by atoms with Gasteiger partial charge in [-0.25, -0.2) is 4.98 Å². The summed E-state index contributed by atoms with van der Waals surface area (Å²) in [7, 11) is 1.44. The summed E-state index contributed by atoms with van der Waals surface area (Å²) in [5.74, 6) is -3.38. The van der Waals surface area contributed by atoms with Crippen molar-refractivity contribution in [2.24, 2.45) is 0 Å². The van der Waals surface area contributed by atoms with E-state index in [0.29, 0.717) is 12.4 Å². The Bertz CT molecular complexity index is 1510. The molecule has 228 valence electrons. The number of carbonyl (C=O) groups excluding carboxylic acids is 2. The number of nitrogens with one attached hydrogen (secondary N) is 7. The lowest BCUT2D eigenvalue weighted by molar-refractivity contribution is -0.232. The molecular formula is C28H35N9O6. The molecule has 15 heteroatoms. The maximum Gasteiger partial charge on any atom is 0.270 e. The minimum atomic E-state index is -2.66. The van der Waals surface area contributed by atoms with Gasteiger partial charge in [0.2, 0.25) is 11.7 Å². The molecule has 43 heavy (non-hydrogen) atoms. The number of nitrogens with zero attached hydrogens (tertiary/aromatic N) is 2. The molecule has 0 radical (unpaired) electrons. The molecular weight excluding hydrogens is 558 g/mol. The molecule has 2 aromatic rings. The Kier molecular flexibility index (Phi) is 6.61. The van der Waals surface area contributed by atoms with E-state index in [-0.39, 0.29) is 47.6 Å². The lowest BCUT2D eigenvalue weighted by Crippen LogP contribution is -2.81. The van der Waals surface area contributed by atoms with Crippen LogP contribution in [0.1, 0.15) is 46.7 Å². The number of pyridine rings is 1. The largest absolute Gasteiger partial charge is 0.492 e. The van der Waals surface area contributed by atoms with Crippen molar-refractivity contribution in [2.45, 2.75) is 55.3 Å². The van der Waals surface area contributed by atoms with E-state index in [9.17, 15) is 19.8 Å². The number of ether oxygens (including phenoxy) is 2. The van der Waals surface area contributed by atoms with Gasteiger partial charge in [-0.15, -0.1) is 0 Å². The minimum Gasteiger partial charge on any atom is -0.492 e. The standard InChI is InChI=1S/C28H35N9O6/c1-26(2)10-11-43-20-14(6-4-7-15(20)26)22(38)34-18-13-37-25(30)33-17(21-27(37,28(18,40)41)36-24(29)35-21)12-31-23(39)16-8-5-9-19(32-16)42-3/h4-9,17-18,21,40-41H,10-13H2,1-3H3,(H2,30,33)(H,31,39)(H,34,38)(H3,29,35,36)/t17?,18-,21-,27?/m0/s1. The summed E-state index contributed by atoms with van der Waals surface area (Å²) < 4.78 is 11.0. The second-order valence-electron chi connectivity index (χ2n) is 11.8. The van der Waals surface area contributed by atoms with E-state index in [2.05, 4.69) is 45.4 Å². The molecule has 15 nitrogen and oxygen atoms in total. The van der Waals surface area contributed by atoms with Crippen molar-refractivity contribution in [3.63, 3.8) is 0 Å². The molecule has 0 aliphatic carbocycles. The highest BCUT2D eigenvalue weighted by Crippen LogP contribution is 2.44. The molecule has 4 atom stereocenters. The van der Waals surface area contributed by atoms with Gasteiger partial charge in [-0.05, 0) is 24.0 Å². The highest BCUT2D eigenvalue weighted by atomic mass is 16.5. The van der Waals surface area contributed by atoms with Crippen LogP contribution in [-0.2, 0) is 5.41 Å². The van der Waals surface area contributed by atoms with Crippen molar-refractivity contribution < 1.29 is 29.3 Å². The van der Waals surface area contributed by atoms with Crippen molar-refractivity contribution in [3.8, 4) is 11.6 Å². The predicted octanol–water partition coefficient (Wildman–Crippen LogP) is -1.23. The van der Waals surface area contributed by atoms with Gasteiger partial charge in [-0.1, -0.05) is 32.0 Å². The third-order valence-electron chi connectivity index (χ3n) is 8.81. The summed E-state index contributed by atoms with van der Waals surface area (Å²) in [4.78, 5) is 31.9. The summed E-state index contributed by atoms with van der Waals surface area (Å²) in [6, 6.07) is 7.12. The number of methoxy groups -OCH3 is 1. The number of hydrogen-bond donors (Lipinski definition) is 9. The summed E-state index contributed by atoms with van der Waals surface area (Å²) in [5, 5.41) is 54.7. The second-order valence-corrected chi connectivity index (χ2v) is 11.8. The highest BCUT2D eigenvalue weighted by Gasteiger charge is 2.74. The van der Waals surface area contributed by atoms with E-state index in [4.69, 9.17) is 20.3 Å². The van der Waals surface area contributed by atoms with E-state index >= 15 is 0 Å². The number of rotatable bonds is 6. The SMILES string of the molecule is COc1cccc(C(=O)NCC2NC(=N)N3C[C@H](NC(=O)c4cccc5c4OCCC5(C)C)C(O)(O)C34NC(=N)N[C@@H]24)n1. The van der Waals surface area contributed by atoms with Crippen LogP contribution in [0.2, 0.25) is 0 Å². The first-order chi connectivity index (χ1) is 20.4. The monoisotopic (exact) mass is 593 g/mol. The normalized spacial score (nSPS) is 27.7. The fourth-order valence-corrected chi connectivity index (χ4v) is 6.48. The van der Waals surface area contributed by atoms with Crippen LogP contribution in [0.3, 0.4) is 0 Å². The second kappa shape index (κ2) is 9.98. The van der Waals surface area contributed by atoms with Gasteiger partial charge >= 0.3 is 0 Å². The van der Waals surface area contributed by atoms with Gasteiger partial charge in [0.15, 0.2) is 17.6 Å². The third-order valence-corrected chi connectivity index (χ3v) is 8.81. The number of aliphatic hydroxyl groups is 2. The van der Waals surface area contributed by atoms with E-state index < -0.39 is 41.4 Å². The summed E-state index contributed by atoms with van der Waals surface area (Å²) >= 11 is 0. The molecule has 4 aliphatic heterocycles. The molecule has 0 bridgehead atoms. The number of carbonyl (C=O) groups is 2. The molecule has 9 N–H and O–H groups in total. The zero-order chi connectivity index (χ0) is 30.7. The van der Waals surface area contributed by atoms with Crippen LogP contribution < -0.4 is 36.1 Å². The first kappa shape index (κ1) is 28.5. The number of aromatic nitrogens is 1. The van der Waals surface area contributed by atoms with Gasteiger partial charge in [0.25, 0.3) is 11.8 Å². The Labute approximate surface area is 247 Å². The lowest BCUT2D eigenvalue weighted by atomic mass is 9.79. The number of hydrogen-bond acceptors (Lipinski definition) is 9. The van der Waals surface area contributed by atoms with Gasteiger partial charge in [0, 0.05) is 24.7 Å². The molecule has 3 saturated heterocycles. The maximum absolute atomic E-state index is 13.6. The van der Waals surface area contributed by atoms with Crippen LogP contribution >= 0.6 is 0 Å². The van der Waals surface area contributed by atoms with E-state index in [0.717, 1.165) is 12.0 Å². The van der Waals surface area contributed by atoms with Gasteiger partial charge in [0.1, 0.15) is 17.5 Å². The summed E-state index contributed by atoms with van der Waals surface area (Å²) in [5.41, 5.74) is -0.740. The Balaban J connectivity index is 1.25. The van der Waals surface area contributed by atoms with Gasteiger partial charge < -0.3 is 51.2 Å². The van der Waals surface area contributed by atoms with Crippen LogP contribution in [0, 0.1) is 10.8 Å². The topological polar surface area (TPSA) is 217 Å². The van der Waals surface area contributed by atoms with Crippen LogP contribution in [0.15, 0.2) is 36.4 Å². The molecule has 2 unspecified atom stereocenters. The van der Waals surface area contributed by atoms with E-state index in [1.807, 2.05) is 6.07 Å². The van der Waals surface area contributed by atoms with Crippen molar-refractivity contribution in [3.05, 3.63) is 53.2 Å². The first-order valence-electron chi connectivity index (χ1n) is 14.0.